The van der Waals surface area contributed by atoms with Crippen molar-refractivity contribution in [2.45, 2.75) is 6.92 Å². The van der Waals surface area contributed by atoms with Crippen LogP contribution in [0.2, 0.25) is 0 Å². The minimum Gasteiger partial charge on any atom is -0.267 e. The van der Waals surface area contributed by atoms with Crippen molar-refractivity contribution in [2.75, 3.05) is 0 Å². The van der Waals surface area contributed by atoms with E-state index in [-0.39, 0.29) is 11.3 Å². The number of hydrazine groups is 1. The summed E-state index contributed by atoms with van der Waals surface area (Å²) in [7, 11) is 1.47. The van der Waals surface area contributed by atoms with Crippen LogP contribution in [-0.4, -0.2) is 26.6 Å². The quantitative estimate of drug-likeness (QED) is 0.491. The van der Waals surface area contributed by atoms with Gasteiger partial charge in [0.05, 0.1) is 11.1 Å². The maximum Gasteiger partial charge on any atom is 0.290 e. The van der Waals surface area contributed by atoms with Gasteiger partial charge in [0.25, 0.3) is 17.4 Å². The lowest BCUT2D eigenvalue weighted by Gasteiger charge is -2.09. The van der Waals surface area contributed by atoms with Crippen molar-refractivity contribution in [3.8, 4) is 10.6 Å². The Balaban J connectivity index is 1.55. The molecule has 3 heterocycles. The average molecular weight is 425 g/mol. The highest BCUT2D eigenvalue weighted by atomic mass is 32.1. The van der Waals surface area contributed by atoms with E-state index in [4.69, 9.17) is 0 Å². The Hall–Kier alpha value is -3.37. The van der Waals surface area contributed by atoms with Crippen LogP contribution in [0.3, 0.4) is 0 Å². The molecule has 29 heavy (non-hydrogen) atoms. The Bertz CT molecular complexity index is 1290. The zero-order chi connectivity index (χ0) is 20.5. The molecule has 0 atom stereocenters. The number of fused-ring (bicyclic) bond motifs is 1. The summed E-state index contributed by atoms with van der Waals surface area (Å²) in [5.74, 6) is -1.09. The van der Waals surface area contributed by atoms with E-state index >= 15 is 0 Å². The van der Waals surface area contributed by atoms with E-state index in [1.165, 1.54) is 18.4 Å². The van der Waals surface area contributed by atoms with Gasteiger partial charge >= 0.3 is 0 Å². The molecule has 0 aliphatic heterocycles. The zero-order valence-corrected chi connectivity index (χ0v) is 17.1. The average Bonchev–Trinajstić information content (AvgIpc) is 3.38. The summed E-state index contributed by atoms with van der Waals surface area (Å²) in [5, 5.41) is 9.47. The number of aromatic nitrogens is 3. The third-order valence-electron chi connectivity index (χ3n) is 4.23. The number of aryl methyl sites for hydroxylation is 2. The summed E-state index contributed by atoms with van der Waals surface area (Å²) < 4.78 is 1.10. The number of hydrogen-bond donors (Lipinski definition) is 2. The number of hydrogen-bond acceptors (Lipinski definition) is 7. The topological polar surface area (TPSA) is 106 Å². The van der Waals surface area contributed by atoms with Gasteiger partial charge in [-0.2, -0.15) is 16.4 Å². The Morgan fingerprint density at radius 2 is 1.79 bits per heavy atom. The van der Waals surface area contributed by atoms with Crippen molar-refractivity contribution in [3.63, 3.8) is 0 Å². The lowest BCUT2D eigenvalue weighted by molar-refractivity contribution is 0.0845. The number of nitrogens with one attached hydrogen (secondary N) is 2. The Labute approximate surface area is 172 Å². The fraction of sp³-hybridized carbons (Fsp3) is 0.105. The molecule has 0 saturated carbocycles. The number of rotatable bonds is 3. The predicted molar refractivity (Wildman–Crippen MR) is 112 cm³/mol. The Morgan fingerprint density at radius 1 is 1.07 bits per heavy atom. The summed E-state index contributed by atoms with van der Waals surface area (Å²) >= 11 is 2.80. The van der Waals surface area contributed by atoms with Crippen LogP contribution in [0.4, 0.5) is 0 Å². The SMILES string of the molecule is Cc1nc(-c2ccsc2)sc1C(=O)NNC(=O)c1nn(C)c(=O)c2ccccc12. The molecule has 3 aromatic heterocycles. The fourth-order valence-corrected chi connectivity index (χ4v) is 4.49. The first-order valence-corrected chi connectivity index (χ1v) is 10.3. The first-order chi connectivity index (χ1) is 14.0. The minimum atomic E-state index is -0.620. The second kappa shape index (κ2) is 7.57. The molecule has 0 spiro atoms. The summed E-state index contributed by atoms with van der Waals surface area (Å²) in [6.07, 6.45) is 0. The van der Waals surface area contributed by atoms with Gasteiger partial charge in [-0.1, -0.05) is 18.2 Å². The van der Waals surface area contributed by atoms with Gasteiger partial charge in [-0.3, -0.25) is 25.2 Å². The molecule has 0 bridgehead atoms. The van der Waals surface area contributed by atoms with E-state index in [0.717, 1.165) is 15.3 Å². The molecular weight excluding hydrogens is 410 g/mol. The summed E-state index contributed by atoms with van der Waals surface area (Å²) in [5.41, 5.74) is 6.04. The summed E-state index contributed by atoms with van der Waals surface area (Å²) in [6, 6.07) is 8.63. The van der Waals surface area contributed by atoms with Gasteiger partial charge in [0, 0.05) is 23.4 Å². The van der Waals surface area contributed by atoms with Crippen molar-refractivity contribution >= 4 is 45.3 Å². The van der Waals surface area contributed by atoms with Crippen LogP contribution in [-0.2, 0) is 7.05 Å². The normalized spacial score (nSPS) is 10.8. The smallest absolute Gasteiger partial charge is 0.267 e. The van der Waals surface area contributed by atoms with Crippen LogP contribution >= 0.6 is 22.7 Å². The molecule has 2 amide bonds. The molecule has 0 saturated heterocycles. The molecule has 0 aliphatic rings. The number of carbonyl (C=O) groups is 2. The molecule has 0 fully saturated rings. The summed E-state index contributed by atoms with van der Waals surface area (Å²) in [4.78, 5) is 42.2. The van der Waals surface area contributed by atoms with Gasteiger partial charge in [-0.05, 0) is 24.4 Å². The van der Waals surface area contributed by atoms with E-state index in [9.17, 15) is 14.4 Å². The Morgan fingerprint density at radius 3 is 2.52 bits per heavy atom. The van der Waals surface area contributed by atoms with E-state index in [1.807, 2.05) is 16.8 Å². The Kier molecular flexibility index (Phi) is 4.95. The molecule has 0 aliphatic carbocycles. The van der Waals surface area contributed by atoms with E-state index < -0.39 is 11.8 Å². The summed E-state index contributed by atoms with van der Waals surface area (Å²) in [6.45, 7) is 1.74. The second-order valence-electron chi connectivity index (χ2n) is 6.18. The highest BCUT2D eigenvalue weighted by Crippen LogP contribution is 2.29. The van der Waals surface area contributed by atoms with Gasteiger partial charge in [-0.15, -0.1) is 11.3 Å². The lowest BCUT2D eigenvalue weighted by atomic mass is 10.1. The van der Waals surface area contributed by atoms with Gasteiger partial charge in [0.2, 0.25) is 0 Å². The highest BCUT2D eigenvalue weighted by molar-refractivity contribution is 7.17. The van der Waals surface area contributed by atoms with E-state index in [2.05, 4.69) is 20.9 Å². The van der Waals surface area contributed by atoms with Gasteiger partial charge < -0.3 is 0 Å². The zero-order valence-electron chi connectivity index (χ0n) is 15.4. The lowest BCUT2D eigenvalue weighted by Crippen LogP contribution is -2.42. The fourth-order valence-electron chi connectivity index (χ4n) is 2.81. The van der Waals surface area contributed by atoms with Crippen LogP contribution in [0.15, 0.2) is 45.9 Å². The third kappa shape index (κ3) is 3.55. The van der Waals surface area contributed by atoms with Crippen LogP contribution in [0.1, 0.15) is 25.9 Å². The van der Waals surface area contributed by atoms with Crippen molar-refractivity contribution in [1.29, 1.82) is 0 Å². The predicted octanol–water partition coefficient (Wildman–Crippen LogP) is 2.50. The monoisotopic (exact) mass is 425 g/mol. The first kappa shape index (κ1) is 19.0. The number of thiazole rings is 1. The van der Waals surface area contributed by atoms with E-state index in [0.29, 0.717) is 21.3 Å². The minimum absolute atomic E-state index is 0.0444. The maximum atomic E-state index is 12.6. The molecule has 10 heteroatoms. The van der Waals surface area contributed by atoms with Gasteiger partial charge in [-0.25, -0.2) is 9.67 Å². The molecule has 2 N–H and O–H groups in total. The van der Waals surface area contributed by atoms with Crippen molar-refractivity contribution in [1.82, 2.24) is 25.6 Å². The molecule has 1 aromatic carbocycles. The molecular formula is C19H15N5O3S2. The molecule has 146 valence electrons. The number of thiophene rings is 1. The molecule has 8 nitrogen and oxygen atoms in total. The molecule has 0 unspecified atom stereocenters. The van der Waals surface area contributed by atoms with Gasteiger partial charge in [0.1, 0.15) is 9.88 Å². The first-order valence-electron chi connectivity index (χ1n) is 8.52. The second-order valence-corrected chi connectivity index (χ2v) is 7.96. The van der Waals surface area contributed by atoms with Crippen LogP contribution in [0.5, 0.6) is 0 Å². The van der Waals surface area contributed by atoms with E-state index in [1.54, 1.807) is 42.5 Å². The standard InChI is InChI=1S/C19H15N5O3S2/c1-10-15(29-18(20-10)11-7-8-28-9-11)17(26)22-21-16(25)14-12-5-3-4-6-13(12)19(27)24(2)23-14/h3-9H,1-2H3,(H,21,25)(H,22,26). The number of carbonyl (C=O) groups excluding carboxylic acids is 2. The van der Waals surface area contributed by atoms with Gasteiger partial charge in [0.15, 0.2) is 5.69 Å². The molecule has 0 radical (unpaired) electrons. The van der Waals surface area contributed by atoms with Crippen LogP contribution in [0, 0.1) is 6.92 Å². The maximum absolute atomic E-state index is 12.6. The largest absolute Gasteiger partial charge is 0.290 e. The number of benzene rings is 1. The van der Waals surface area contributed by atoms with Crippen molar-refractivity contribution in [3.05, 3.63) is 67.7 Å². The van der Waals surface area contributed by atoms with Crippen molar-refractivity contribution in [2.24, 2.45) is 7.05 Å². The molecule has 4 aromatic rings. The third-order valence-corrected chi connectivity index (χ3v) is 6.12. The van der Waals surface area contributed by atoms with Crippen LogP contribution in [0.25, 0.3) is 21.3 Å². The van der Waals surface area contributed by atoms with Crippen molar-refractivity contribution < 1.29 is 9.59 Å². The number of amides is 2. The highest BCUT2D eigenvalue weighted by Gasteiger charge is 2.19. The molecule has 4 rings (SSSR count). The van der Waals surface area contributed by atoms with Crippen LogP contribution < -0.4 is 16.4 Å². The number of nitrogens with zero attached hydrogens (tertiary/aromatic N) is 3.